The Balaban J connectivity index is 1.89. The van der Waals surface area contributed by atoms with E-state index in [-0.39, 0.29) is 6.04 Å². The zero-order valence-electron chi connectivity index (χ0n) is 10.4. The zero-order chi connectivity index (χ0) is 13.1. The Bertz CT molecular complexity index is 633. The van der Waals surface area contributed by atoms with E-state index in [1.54, 1.807) is 28.4 Å². The van der Waals surface area contributed by atoms with Gasteiger partial charge in [0.25, 0.3) is 0 Å². The summed E-state index contributed by atoms with van der Waals surface area (Å²) in [5, 5.41) is 7.67. The minimum atomic E-state index is 0.186. The lowest BCUT2D eigenvalue weighted by Gasteiger charge is -2.15. The molecule has 0 bridgehead atoms. The first-order valence-electron chi connectivity index (χ1n) is 5.94. The van der Waals surface area contributed by atoms with Crippen molar-refractivity contribution in [1.29, 1.82) is 0 Å². The largest absolute Gasteiger partial charge is 0.375 e. The molecule has 0 radical (unpaired) electrons. The molecule has 0 aliphatic rings. The first kappa shape index (κ1) is 11.9. The normalized spacial score (nSPS) is 12.3. The maximum Gasteiger partial charge on any atom is 0.176 e. The second-order valence-corrected chi connectivity index (χ2v) is 5.01. The minimum absolute atomic E-state index is 0.186. The van der Waals surface area contributed by atoms with Crippen molar-refractivity contribution in [2.45, 2.75) is 13.0 Å². The molecule has 0 aromatic carbocycles. The molecule has 0 saturated carbocycles. The lowest BCUT2D eigenvalue weighted by molar-refractivity contribution is 0.833. The number of hydrogen-bond acceptors (Lipinski definition) is 5. The van der Waals surface area contributed by atoms with Crippen molar-refractivity contribution < 1.29 is 0 Å². The highest BCUT2D eigenvalue weighted by molar-refractivity contribution is 7.09. The summed E-state index contributed by atoms with van der Waals surface area (Å²) < 4.78 is 1.75. The van der Waals surface area contributed by atoms with E-state index in [9.17, 15) is 0 Å². The maximum absolute atomic E-state index is 4.38. The van der Waals surface area contributed by atoms with Crippen LogP contribution in [0.15, 0.2) is 48.5 Å². The molecule has 0 aliphatic carbocycles. The van der Waals surface area contributed by atoms with Gasteiger partial charge in [-0.3, -0.25) is 4.98 Å². The van der Waals surface area contributed by atoms with Crippen LogP contribution in [0.2, 0.25) is 0 Å². The lowest BCUT2D eigenvalue weighted by atomic mass is 10.2. The molecule has 1 unspecified atom stereocenters. The fourth-order valence-electron chi connectivity index (χ4n) is 1.83. The number of hydrogen-bond donors (Lipinski definition) is 1. The average Bonchev–Trinajstić information content (AvgIpc) is 3.13. The van der Waals surface area contributed by atoms with Gasteiger partial charge in [0, 0.05) is 29.7 Å². The number of rotatable bonds is 4. The number of nitrogens with one attached hydrogen (secondary N) is 1. The van der Waals surface area contributed by atoms with E-state index >= 15 is 0 Å². The second kappa shape index (κ2) is 5.19. The maximum atomic E-state index is 4.38. The van der Waals surface area contributed by atoms with Crippen LogP contribution < -0.4 is 5.32 Å². The van der Waals surface area contributed by atoms with Crippen LogP contribution in [0.4, 0.5) is 5.69 Å². The van der Waals surface area contributed by atoms with Crippen molar-refractivity contribution >= 4 is 17.0 Å². The Morgan fingerprint density at radius 1 is 1.32 bits per heavy atom. The van der Waals surface area contributed by atoms with Crippen molar-refractivity contribution in [3.8, 4) is 5.82 Å². The fourth-order valence-corrected chi connectivity index (χ4v) is 2.46. The number of nitrogens with zero attached hydrogens (tertiary/aromatic N) is 4. The number of aromatic nitrogens is 4. The minimum Gasteiger partial charge on any atom is -0.375 e. The molecule has 3 heterocycles. The van der Waals surface area contributed by atoms with Crippen molar-refractivity contribution in [2.24, 2.45) is 0 Å². The molecule has 3 aromatic rings. The van der Waals surface area contributed by atoms with Gasteiger partial charge in [-0.25, -0.2) is 9.67 Å². The van der Waals surface area contributed by atoms with Gasteiger partial charge < -0.3 is 5.32 Å². The molecule has 3 rings (SSSR count). The van der Waals surface area contributed by atoms with Crippen molar-refractivity contribution in [3.63, 3.8) is 0 Å². The molecule has 0 spiro atoms. The highest BCUT2D eigenvalue weighted by Crippen LogP contribution is 2.24. The Morgan fingerprint density at radius 2 is 2.26 bits per heavy atom. The quantitative estimate of drug-likeness (QED) is 0.792. The van der Waals surface area contributed by atoms with Crippen LogP contribution in [0.25, 0.3) is 5.82 Å². The van der Waals surface area contributed by atoms with E-state index in [0.717, 1.165) is 11.5 Å². The predicted octanol–water partition coefficient (Wildman–Crippen LogP) is 2.90. The van der Waals surface area contributed by atoms with Gasteiger partial charge in [-0.2, -0.15) is 5.10 Å². The molecule has 1 atom stereocenters. The van der Waals surface area contributed by atoms with Gasteiger partial charge >= 0.3 is 0 Å². The topological polar surface area (TPSA) is 55.6 Å². The molecule has 19 heavy (non-hydrogen) atoms. The second-order valence-electron chi connectivity index (χ2n) is 4.10. The van der Waals surface area contributed by atoms with Crippen molar-refractivity contribution in [1.82, 2.24) is 19.7 Å². The summed E-state index contributed by atoms with van der Waals surface area (Å²) in [6, 6.07) is 5.98. The highest BCUT2D eigenvalue weighted by atomic mass is 32.1. The van der Waals surface area contributed by atoms with Crippen LogP contribution in [0.3, 0.4) is 0 Å². The van der Waals surface area contributed by atoms with Gasteiger partial charge in [-0.05, 0) is 25.1 Å². The monoisotopic (exact) mass is 271 g/mol. The van der Waals surface area contributed by atoms with Gasteiger partial charge in [0.05, 0.1) is 17.2 Å². The molecule has 3 aromatic heterocycles. The first-order chi connectivity index (χ1) is 9.34. The van der Waals surface area contributed by atoms with Gasteiger partial charge in [-0.1, -0.05) is 0 Å². The molecule has 1 N–H and O–H groups in total. The first-order valence-corrected chi connectivity index (χ1v) is 6.82. The average molecular weight is 271 g/mol. The van der Waals surface area contributed by atoms with Crippen LogP contribution >= 0.6 is 11.3 Å². The third kappa shape index (κ3) is 2.48. The Morgan fingerprint density at radius 3 is 3.00 bits per heavy atom. The number of thiazole rings is 1. The van der Waals surface area contributed by atoms with Crippen LogP contribution in [-0.4, -0.2) is 19.7 Å². The summed E-state index contributed by atoms with van der Waals surface area (Å²) in [6.45, 7) is 2.10. The van der Waals surface area contributed by atoms with Gasteiger partial charge in [0.1, 0.15) is 0 Å². The van der Waals surface area contributed by atoms with Gasteiger partial charge in [-0.15, -0.1) is 11.3 Å². The van der Waals surface area contributed by atoms with E-state index < -0.39 is 0 Å². The molecule has 0 fully saturated rings. The molecule has 0 aliphatic heterocycles. The van der Waals surface area contributed by atoms with Crippen LogP contribution in [0, 0.1) is 0 Å². The number of pyridine rings is 1. The summed E-state index contributed by atoms with van der Waals surface area (Å²) >= 11 is 1.64. The standard InChI is InChI=1S/C13H13N5S/c1-10(12-8-14-9-19-12)17-11-4-2-5-15-13(11)18-7-3-6-16-18/h2-10,17H,1H3. The van der Waals surface area contributed by atoms with E-state index in [1.165, 1.54) is 4.88 Å². The zero-order valence-corrected chi connectivity index (χ0v) is 11.2. The summed E-state index contributed by atoms with van der Waals surface area (Å²) in [5.41, 5.74) is 2.79. The summed E-state index contributed by atoms with van der Waals surface area (Å²) in [5.74, 6) is 0.795. The third-order valence-electron chi connectivity index (χ3n) is 2.76. The molecule has 6 heteroatoms. The smallest absolute Gasteiger partial charge is 0.176 e. The van der Waals surface area contributed by atoms with Crippen LogP contribution in [-0.2, 0) is 0 Å². The molecule has 0 saturated heterocycles. The Hall–Kier alpha value is -2.21. The predicted molar refractivity (Wildman–Crippen MR) is 75.5 cm³/mol. The van der Waals surface area contributed by atoms with E-state index in [0.29, 0.717) is 0 Å². The van der Waals surface area contributed by atoms with Crippen LogP contribution in [0.5, 0.6) is 0 Å². The van der Waals surface area contributed by atoms with Gasteiger partial charge in [0.2, 0.25) is 0 Å². The molecule has 96 valence electrons. The van der Waals surface area contributed by atoms with E-state index in [1.807, 2.05) is 36.1 Å². The van der Waals surface area contributed by atoms with Crippen molar-refractivity contribution in [3.05, 3.63) is 53.4 Å². The van der Waals surface area contributed by atoms with E-state index in [4.69, 9.17) is 0 Å². The molecular weight excluding hydrogens is 258 g/mol. The summed E-state index contributed by atoms with van der Waals surface area (Å²) in [6.07, 6.45) is 7.27. The Kier molecular flexibility index (Phi) is 3.24. The SMILES string of the molecule is CC(Nc1cccnc1-n1cccn1)c1cncs1. The van der Waals surface area contributed by atoms with Crippen LogP contribution in [0.1, 0.15) is 17.8 Å². The number of anilines is 1. The molecule has 0 amide bonds. The van der Waals surface area contributed by atoms with Crippen molar-refractivity contribution in [2.75, 3.05) is 5.32 Å². The summed E-state index contributed by atoms with van der Waals surface area (Å²) in [7, 11) is 0. The molecular formula is C13H13N5S. The fraction of sp³-hybridized carbons (Fsp3) is 0.154. The molecule has 5 nitrogen and oxygen atoms in total. The highest BCUT2D eigenvalue weighted by Gasteiger charge is 2.11. The summed E-state index contributed by atoms with van der Waals surface area (Å²) in [4.78, 5) is 9.67. The third-order valence-corrected chi connectivity index (χ3v) is 3.72. The Labute approximate surface area is 115 Å². The van der Waals surface area contributed by atoms with E-state index in [2.05, 4.69) is 27.3 Å². The van der Waals surface area contributed by atoms with Gasteiger partial charge in [0.15, 0.2) is 5.82 Å². The lowest BCUT2D eigenvalue weighted by Crippen LogP contribution is -2.09.